The van der Waals surface area contributed by atoms with Gasteiger partial charge in [0.25, 0.3) is 0 Å². The summed E-state index contributed by atoms with van der Waals surface area (Å²) in [5.74, 6) is -2.49. The van der Waals surface area contributed by atoms with E-state index in [9.17, 15) is 14.7 Å². The van der Waals surface area contributed by atoms with Crippen LogP contribution in [0.3, 0.4) is 0 Å². The molecule has 0 saturated heterocycles. The Balaban J connectivity index is 0.000000570. The first-order chi connectivity index (χ1) is 15.3. The van der Waals surface area contributed by atoms with Gasteiger partial charge in [-0.15, -0.1) is 0 Å². The van der Waals surface area contributed by atoms with Gasteiger partial charge in [0.2, 0.25) is 0 Å². The first kappa shape index (κ1) is 29.3. The maximum Gasteiger partial charge on any atom is 0.337 e. The summed E-state index contributed by atoms with van der Waals surface area (Å²) in [6, 6.07) is 13.3. The molecule has 2 rings (SSSR count). The van der Waals surface area contributed by atoms with Gasteiger partial charge in [0.15, 0.2) is 0 Å². The number of carboxylic acids is 2. The average Bonchev–Trinajstić information content (AvgIpc) is 2.82. The Hall–Kier alpha value is -2.70. The molecule has 0 unspecified atom stereocenters. The molecule has 0 aromatic heterocycles. The van der Waals surface area contributed by atoms with Crippen LogP contribution < -0.4 is 0 Å². The summed E-state index contributed by atoms with van der Waals surface area (Å²) in [6.45, 7) is 20.2. The van der Waals surface area contributed by atoms with E-state index in [4.69, 9.17) is 5.11 Å². The van der Waals surface area contributed by atoms with E-state index in [-0.39, 0.29) is 11.1 Å². The number of hydrogen-bond donors (Lipinski definition) is 2. The Bertz CT molecular complexity index is 763. The Morgan fingerprint density at radius 3 is 1.38 bits per heavy atom. The molecule has 0 radical (unpaired) electrons. The van der Waals surface area contributed by atoms with Crippen LogP contribution in [0, 0.1) is 0 Å². The summed E-state index contributed by atoms with van der Waals surface area (Å²) < 4.78 is 0. The predicted molar refractivity (Wildman–Crippen MR) is 133 cm³/mol. The number of hydrogen-bond acceptors (Lipinski definition) is 4. The number of carbonyl (C=O) groups is 2. The molecule has 0 atom stereocenters. The van der Waals surface area contributed by atoms with E-state index < -0.39 is 11.9 Å². The first-order valence-corrected chi connectivity index (χ1v) is 11.4. The van der Waals surface area contributed by atoms with Crippen molar-refractivity contribution in [3.63, 3.8) is 0 Å². The van der Waals surface area contributed by atoms with Crippen LogP contribution in [0.25, 0.3) is 11.1 Å². The highest BCUT2D eigenvalue weighted by Crippen LogP contribution is 2.26. The molecule has 0 aliphatic heterocycles. The van der Waals surface area contributed by atoms with E-state index in [0.29, 0.717) is 11.1 Å². The van der Waals surface area contributed by atoms with Gasteiger partial charge in [0.1, 0.15) is 0 Å². The Labute approximate surface area is 193 Å². The zero-order valence-electron chi connectivity index (χ0n) is 20.5. The minimum Gasteiger partial charge on any atom is -0.478 e. The normalized spacial score (nSPS) is 10.1. The van der Waals surface area contributed by atoms with Crippen LogP contribution in [0.15, 0.2) is 48.5 Å². The Morgan fingerprint density at radius 2 is 1.06 bits per heavy atom. The van der Waals surface area contributed by atoms with E-state index in [2.05, 4.69) is 51.3 Å². The summed E-state index contributed by atoms with van der Waals surface area (Å²) in [4.78, 5) is 27.1. The molecular weight excluding hydrogens is 404 g/mol. The van der Waals surface area contributed by atoms with Crippen LogP contribution >= 0.6 is 0 Å². The molecule has 178 valence electrons. The van der Waals surface area contributed by atoms with Crippen LogP contribution in [0.5, 0.6) is 0 Å². The molecule has 2 N–H and O–H groups in total. The Morgan fingerprint density at radius 1 is 0.625 bits per heavy atom. The van der Waals surface area contributed by atoms with Crippen LogP contribution in [0.2, 0.25) is 0 Å². The van der Waals surface area contributed by atoms with Gasteiger partial charge in [0.05, 0.1) is 11.1 Å². The molecular formula is C26H40N2O4. The molecule has 2 aromatic carbocycles. The molecule has 0 heterocycles. The third-order valence-corrected chi connectivity index (χ3v) is 5.28. The lowest BCUT2D eigenvalue weighted by molar-refractivity contribution is 0.0652. The summed E-state index contributed by atoms with van der Waals surface area (Å²) in [7, 11) is 0. The number of carboxylic acid groups (broad SMARTS) is 2. The highest BCUT2D eigenvalue weighted by molar-refractivity contribution is 6.06. The number of rotatable bonds is 9. The van der Waals surface area contributed by atoms with Crippen molar-refractivity contribution in [2.24, 2.45) is 0 Å². The lowest BCUT2D eigenvalue weighted by Crippen LogP contribution is -2.21. The minimum atomic E-state index is -1.25. The second-order valence-corrected chi connectivity index (χ2v) is 6.94. The molecule has 0 aliphatic rings. The standard InChI is InChI=1S/C14H10O4.2C6H15N/c15-13(16)11-8-4-7-10(12(11)14(17)18)9-5-2-1-3-6-9;2*1-4-7(5-2)6-3/h1-8H,(H,15,16)(H,17,18);2*4-6H2,1-3H3. The largest absolute Gasteiger partial charge is 0.478 e. The van der Waals surface area contributed by atoms with E-state index in [1.807, 2.05) is 6.07 Å². The van der Waals surface area contributed by atoms with E-state index in [1.54, 1.807) is 30.3 Å². The van der Waals surface area contributed by atoms with Crippen molar-refractivity contribution in [2.75, 3.05) is 39.3 Å². The van der Waals surface area contributed by atoms with Gasteiger partial charge in [-0.05, 0) is 56.5 Å². The molecule has 0 aliphatic carbocycles. The zero-order valence-corrected chi connectivity index (χ0v) is 20.5. The summed E-state index contributed by atoms with van der Waals surface area (Å²) in [6.07, 6.45) is 0. The molecule has 6 nitrogen and oxygen atoms in total. The number of benzene rings is 2. The SMILES string of the molecule is CCN(CC)CC.CCN(CC)CC.O=C(O)c1cccc(-c2ccccc2)c1C(=O)O. The minimum absolute atomic E-state index is 0.184. The average molecular weight is 445 g/mol. The maximum absolute atomic E-state index is 11.3. The van der Waals surface area contributed by atoms with Crippen LogP contribution in [0.4, 0.5) is 0 Å². The van der Waals surface area contributed by atoms with E-state index >= 15 is 0 Å². The van der Waals surface area contributed by atoms with Gasteiger partial charge < -0.3 is 20.0 Å². The second kappa shape index (κ2) is 16.9. The highest BCUT2D eigenvalue weighted by Gasteiger charge is 2.20. The van der Waals surface area contributed by atoms with Crippen molar-refractivity contribution in [3.05, 3.63) is 59.7 Å². The van der Waals surface area contributed by atoms with Gasteiger partial charge >= 0.3 is 11.9 Å². The third kappa shape index (κ3) is 10.1. The zero-order chi connectivity index (χ0) is 24.5. The topological polar surface area (TPSA) is 81.1 Å². The van der Waals surface area contributed by atoms with Crippen LogP contribution in [0.1, 0.15) is 62.3 Å². The fraction of sp³-hybridized carbons (Fsp3) is 0.462. The number of aromatic carboxylic acids is 2. The van der Waals surface area contributed by atoms with Gasteiger partial charge in [-0.1, -0.05) is 84.0 Å². The van der Waals surface area contributed by atoms with Crippen molar-refractivity contribution >= 4 is 11.9 Å². The summed E-state index contributed by atoms with van der Waals surface area (Å²) >= 11 is 0. The lowest BCUT2D eigenvalue weighted by Gasteiger charge is -2.13. The molecule has 32 heavy (non-hydrogen) atoms. The van der Waals surface area contributed by atoms with Crippen molar-refractivity contribution in [2.45, 2.75) is 41.5 Å². The summed E-state index contributed by atoms with van der Waals surface area (Å²) in [5.41, 5.74) is 0.695. The number of nitrogens with zero attached hydrogens (tertiary/aromatic N) is 2. The third-order valence-electron chi connectivity index (χ3n) is 5.28. The second-order valence-electron chi connectivity index (χ2n) is 6.94. The molecule has 2 aromatic rings. The monoisotopic (exact) mass is 444 g/mol. The predicted octanol–water partition coefficient (Wildman–Crippen LogP) is 5.45. The highest BCUT2D eigenvalue weighted by atomic mass is 16.4. The molecule has 0 fully saturated rings. The quantitative estimate of drug-likeness (QED) is 0.535. The molecule has 0 spiro atoms. The van der Waals surface area contributed by atoms with Crippen LogP contribution in [-0.2, 0) is 0 Å². The molecule has 0 amide bonds. The molecule has 0 bridgehead atoms. The fourth-order valence-electron chi connectivity index (χ4n) is 3.16. The fourth-order valence-corrected chi connectivity index (χ4v) is 3.16. The van der Waals surface area contributed by atoms with E-state index in [1.165, 1.54) is 51.4 Å². The van der Waals surface area contributed by atoms with Gasteiger partial charge in [-0.25, -0.2) is 9.59 Å². The maximum atomic E-state index is 11.3. The van der Waals surface area contributed by atoms with E-state index in [0.717, 1.165) is 0 Å². The van der Waals surface area contributed by atoms with Gasteiger partial charge in [-0.3, -0.25) is 0 Å². The van der Waals surface area contributed by atoms with Crippen molar-refractivity contribution in [1.82, 2.24) is 9.80 Å². The van der Waals surface area contributed by atoms with Crippen molar-refractivity contribution in [3.8, 4) is 11.1 Å². The van der Waals surface area contributed by atoms with Crippen molar-refractivity contribution < 1.29 is 19.8 Å². The van der Waals surface area contributed by atoms with Gasteiger partial charge in [0, 0.05) is 0 Å². The Kier molecular flexibility index (Phi) is 15.5. The summed E-state index contributed by atoms with van der Waals surface area (Å²) in [5, 5.41) is 18.2. The van der Waals surface area contributed by atoms with Gasteiger partial charge in [-0.2, -0.15) is 0 Å². The smallest absolute Gasteiger partial charge is 0.337 e. The molecule has 6 heteroatoms. The first-order valence-electron chi connectivity index (χ1n) is 11.4. The lowest BCUT2D eigenvalue weighted by atomic mass is 9.95. The van der Waals surface area contributed by atoms with Crippen LogP contribution in [-0.4, -0.2) is 71.2 Å². The van der Waals surface area contributed by atoms with Crippen molar-refractivity contribution in [1.29, 1.82) is 0 Å². The molecule has 0 saturated carbocycles.